The highest BCUT2D eigenvalue weighted by Gasteiger charge is 2.55. The van der Waals surface area contributed by atoms with Crippen molar-refractivity contribution in [1.82, 2.24) is 0 Å². The molecule has 0 amide bonds. The molecule has 1 aliphatic rings. The topological polar surface area (TPSA) is 44.8 Å². The van der Waals surface area contributed by atoms with Gasteiger partial charge in [-0.3, -0.25) is 0 Å². The molecule has 54 heavy (non-hydrogen) atoms. The second kappa shape index (κ2) is 16.0. The minimum atomic E-state index is -3.02. The molecule has 0 radical (unpaired) electrons. The van der Waals surface area contributed by atoms with Gasteiger partial charge in [-0.25, -0.2) is 4.79 Å². The summed E-state index contributed by atoms with van der Waals surface area (Å²) in [6, 6.07) is 61.7. The van der Waals surface area contributed by atoms with Crippen molar-refractivity contribution in [3.63, 3.8) is 0 Å². The molecule has 0 spiro atoms. The van der Waals surface area contributed by atoms with Crippen molar-refractivity contribution in [2.24, 2.45) is 5.92 Å². The Morgan fingerprint density at radius 2 is 1.00 bits per heavy atom. The molecule has 0 saturated heterocycles. The molecule has 4 nitrogen and oxygen atoms in total. The van der Waals surface area contributed by atoms with Crippen molar-refractivity contribution in [2.75, 3.05) is 6.61 Å². The van der Waals surface area contributed by atoms with Gasteiger partial charge in [0.05, 0.1) is 18.3 Å². The maximum Gasteiger partial charge on any atom is 0.338 e. The molecule has 6 aromatic rings. The van der Waals surface area contributed by atoms with Gasteiger partial charge in [-0.15, -0.1) is 0 Å². The number of carbonyl (C=O) groups is 1. The number of ether oxygens (including phenoxy) is 2. The molecule has 5 heteroatoms. The van der Waals surface area contributed by atoms with Crippen LogP contribution in [-0.4, -0.2) is 33.1 Å². The highest BCUT2D eigenvalue weighted by Crippen LogP contribution is 2.46. The Bertz CT molecular complexity index is 1980. The van der Waals surface area contributed by atoms with E-state index in [1.807, 2.05) is 36.4 Å². The Hall–Kier alpha value is -5.33. The first-order valence-corrected chi connectivity index (χ1v) is 20.7. The van der Waals surface area contributed by atoms with E-state index in [4.69, 9.17) is 13.9 Å². The maximum atomic E-state index is 13.6. The molecule has 6 aromatic carbocycles. The summed E-state index contributed by atoms with van der Waals surface area (Å²) in [5.41, 5.74) is 3.41. The average molecular weight is 729 g/mol. The summed E-state index contributed by atoms with van der Waals surface area (Å²) in [5, 5.41) is 2.11. The summed E-state index contributed by atoms with van der Waals surface area (Å²) in [5.74, 6) is -0.671. The van der Waals surface area contributed by atoms with Gasteiger partial charge in [0, 0.05) is 12.3 Å². The molecule has 7 rings (SSSR count). The monoisotopic (exact) mass is 728 g/mol. The van der Waals surface area contributed by atoms with Crippen molar-refractivity contribution >= 4 is 24.7 Å². The molecule has 0 bridgehead atoms. The van der Waals surface area contributed by atoms with E-state index in [0.717, 1.165) is 22.3 Å². The number of benzene rings is 6. The summed E-state index contributed by atoms with van der Waals surface area (Å²) in [6.45, 7) is 11.8. The number of rotatable bonds is 12. The van der Waals surface area contributed by atoms with Crippen LogP contribution in [-0.2, 0) is 19.5 Å². The van der Waals surface area contributed by atoms with Gasteiger partial charge in [0.2, 0.25) is 0 Å². The Labute approximate surface area is 321 Å². The van der Waals surface area contributed by atoms with E-state index in [9.17, 15) is 4.79 Å². The quantitative estimate of drug-likeness (QED) is 0.0545. The zero-order valence-corrected chi connectivity index (χ0v) is 32.3. The lowest BCUT2D eigenvalue weighted by Crippen LogP contribution is -2.68. The van der Waals surface area contributed by atoms with Crippen molar-refractivity contribution in [1.29, 1.82) is 0 Å². The van der Waals surface area contributed by atoms with E-state index in [0.29, 0.717) is 12.0 Å². The summed E-state index contributed by atoms with van der Waals surface area (Å²) in [6.07, 6.45) is -0.461. The minimum absolute atomic E-state index is 0.261. The van der Waals surface area contributed by atoms with Crippen molar-refractivity contribution in [3.05, 3.63) is 216 Å². The van der Waals surface area contributed by atoms with Crippen LogP contribution in [0.2, 0.25) is 5.04 Å². The largest absolute Gasteiger partial charge is 0.454 e. The molecular weight excluding hydrogens is 681 g/mol. The van der Waals surface area contributed by atoms with Gasteiger partial charge in [-0.1, -0.05) is 197 Å². The molecule has 3 atom stereocenters. The zero-order chi connectivity index (χ0) is 37.6. The number of hydrogen-bond donors (Lipinski definition) is 0. The lowest BCUT2D eigenvalue weighted by atomic mass is 9.80. The van der Waals surface area contributed by atoms with E-state index in [2.05, 4.69) is 161 Å². The number of esters is 1. The van der Waals surface area contributed by atoms with E-state index >= 15 is 0 Å². The number of carbonyl (C=O) groups excluding carboxylic acids is 1. The Morgan fingerprint density at radius 3 is 1.41 bits per heavy atom. The van der Waals surface area contributed by atoms with Crippen LogP contribution in [0.25, 0.3) is 0 Å². The molecule has 0 N–H and O–H groups in total. The maximum absolute atomic E-state index is 13.6. The van der Waals surface area contributed by atoms with Crippen LogP contribution in [0.3, 0.4) is 0 Å². The van der Waals surface area contributed by atoms with Gasteiger partial charge >= 0.3 is 5.97 Å². The first-order chi connectivity index (χ1) is 26.2. The lowest BCUT2D eigenvalue weighted by molar-refractivity contribution is -0.0197. The van der Waals surface area contributed by atoms with Crippen LogP contribution in [0.5, 0.6) is 0 Å². The van der Waals surface area contributed by atoms with Crippen LogP contribution in [0, 0.1) is 5.92 Å². The lowest BCUT2D eigenvalue weighted by Gasteiger charge is -2.46. The fourth-order valence-electron chi connectivity index (χ4n) is 8.15. The fourth-order valence-corrected chi connectivity index (χ4v) is 12.9. The van der Waals surface area contributed by atoms with Gasteiger partial charge in [-0.2, -0.15) is 0 Å². The van der Waals surface area contributed by atoms with E-state index < -0.39 is 20.0 Å². The molecule has 0 heterocycles. The van der Waals surface area contributed by atoms with Gasteiger partial charge in [0.15, 0.2) is 0 Å². The Balaban J connectivity index is 1.34. The molecule has 0 aromatic heterocycles. The van der Waals surface area contributed by atoms with E-state index in [1.165, 1.54) is 10.4 Å². The molecule has 1 fully saturated rings. The van der Waals surface area contributed by atoms with Gasteiger partial charge in [0.1, 0.15) is 11.7 Å². The third kappa shape index (κ3) is 7.15. The van der Waals surface area contributed by atoms with Crippen LogP contribution >= 0.6 is 0 Å². The normalized spacial score (nSPS) is 17.6. The Kier molecular flexibility index (Phi) is 10.9. The van der Waals surface area contributed by atoms with Crippen LogP contribution < -0.4 is 10.4 Å². The van der Waals surface area contributed by atoms with Crippen molar-refractivity contribution < 1.29 is 18.7 Å². The standard InChI is InChI=1S/C49H48O4Si/c1-37-44(36-51-49(39-25-13-6-14-26-39,40-27-15-7-16-28-40)41-29-17-8-18-30-41)46(35-45(37)52-47(50)38-23-11-5-12-24-38)53-54(48(2,3)4,42-31-19-9-20-32-42)43-33-21-10-22-34-43/h5-34,44-46H,1,35-36H2,2-4H3/t44-,45+,46-/m0/s1. The van der Waals surface area contributed by atoms with E-state index in [-0.39, 0.29) is 29.6 Å². The van der Waals surface area contributed by atoms with Crippen LogP contribution in [0.1, 0.15) is 54.2 Å². The molecule has 0 aliphatic heterocycles. The molecule has 272 valence electrons. The van der Waals surface area contributed by atoms with E-state index in [1.54, 1.807) is 12.1 Å². The summed E-state index contributed by atoms with van der Waals surface area (Å²) in [4.78, 5) is 13.6. The summed E-state index contributed by atoms with van der Waals surface area (Å²) < 4.78 is 21.6. The predicted molar refractivity (Wildman–Crippen MR) is 221 cm³/mol. The molecule has 1 saturated carbocycles. The summed E-state index contributed by atoms with van der Waals surface area (Å²) >= 11 is 0. The van der Waals surface area contributed by atoms with Crippen molar-refractivity contribution in [3.8, 4) is 0 Å². The first-order valence-electron chi connectivity index (χ1n) is 18.8. The van der Waals surface area contributed by atoms with Crippen LogP contribution in [0.4, 0.5) is 0 Å². The SMILES string of the molecule is C=C1[C@H](OC(=O)c2ccccc2)C[C@H](O[Si](c2ccccc2)(c2ccccc2)C(C)(C)C)[C@H]1COC(c1ccccc1)(c1ccccc1)c1ccccc1. The minimum Gasteiger partial charge on any atom is -0.454 e. The summed E-state index contributed by atoms with van der Waals surface area (Å²) in [7, 11) is -3.02. The second-order valence-corrected chi connectivity index (χ2v) is 19.3. The highest BCUT2D eigenvalue weighted by molar-refractivity contribution is 6.99. The molecular formula is C49H48O4Si. The average Bonchev–Trinajstić information content (AvgIpc) is 3.51. The predicted octanol–water partition coefficient (Wildman–Crippen LogP) is 9.74. The third-order valence-electron chi connectivity index (χ3n) is 10.8. The Morgan fingerprint density at radius 1 is 0.611 bits per heavy atom. The fraction of sp³-hybridized carbons (Fsp3) is 0.204. The zero-order valence-electron chi connectivity index (χ0n) is 31.3. The molecule has 1 aliphatic carbocycles. The van der Waals surface area contributed by atoms with Crippen LogP contribution in [0.15, 0.2) is 194 Å². The van der Waals surface area contributed by atoms with Gasteiger partial charge < -0.3 is 13.9 Å². The second-order valence-electron chi connectivity index (χ2n) is 15.1. The smallest absolute Gasteiger partial charge is 0.338 e. The van der Waals surface area contributed by atoms with Gasteiger partial charge in [-0.05, 0) is 49.8 Å². The van der Waals surface area contributed by atoms with Crippen molar-refractivity contribution in [2.45, 2.75) is 50.0 Å². The third-order valence-corrected chi connectivity index (χ3v) is 15.9. The number of hydrogen-bond acceptors (Lipinski definition) is 4. The molecule has 0 unspecified atom stereocenters. The highest BCUT2D eigenvalue weighted by atomic mass is 28.4. The van der Waals surface area contributed by atoms with Gasteiger partial charge in [0.25, 0.3) is 8.32 Å². The first kappa shape index (κ1) is 37.0.